The first-order valence-electron chi connectivity index (χ1n) is 11.6. The number of benzene rings is 2. The normalized spacial score (nSPS) is 24.0. The van der Waals surface area contributed by atoms with Gasteiger partial charge in [0.25, 0.3) is 0 Å². The van der Waals surface area contributed by atoms with Crippen molar-refractivity contribution in [3.63, 3.8) is 0 Å². The van der Waals surface area contributed by atoms with Crippen molar-refractivity contribution in [2.45, 2.75) is 35.7 Å². The van der Waals surface area contributed by atoms with E-state index in [9.17, 15) is 17.9 Å². The lowest BCUT2D eigenvalue weighted by molar-refractivity contribution is -0.0554. The first kappa shape index (κ1) is 23.1. The molecule has 3 heterocycles. The molecule has 2 aliphatic rings. The van der Waals surface area contributed by atoms with Crippen molar-refractivity contribution in [1.82, 2.24) is 14.2 Å². The number of hydrogen-bond donors (Lipinski definition) is 1. The van der Waals surface area contributed by atoms with Gasteiger partial charge in [0.15, 0.2) is 0 Å². The number of aliphatic hydroxyl groups is 1. The van der Waals surface area contributed by atoms with Crippen LogP contribution in [-0.4, -0.2) is 66.0 Å². The molecule has 0 bridgehead atoms. The summed E-state index contributed by atoms with van der Waals surface area (Å²) in [4.78, 5) is 6.11. The molecule has 2 fully saturated rings. The Labute approximate surface area is 199 Å². The van der Waals surface area contributed by atoms with Crippen LogP contribution in [0.5, 0.6) is 0 Å². The number of halogens is 1. The second-order valence-electron chi connectivity index (χ2n) is 8.95. The summed E-state index contributed by atoms with van der Waals surface area (Å²) in [7, 11) is -3.97. The zero-order valence-electron chi connectivity index (χ0n) is 18.8. The third-order valence-corrected chi connectivity index (χ3v) is 8.98. The minimum Gasteiger partial charge on any atom is -0.395 e. The molecule has 0 saturated carbocycles. The predicted molar refractivity (Wildman–Crippen MR) is 128 cm³/mol. The van der Waals surface area contributed by atoms with Crippen LogP contribution in [0.2, 0.25) is 0 Å². The molecule has 1 N–H and O–H groups in total. The van der Waals surface area contributed by atoms with E-state index in [0.717, 1.165) is 29.7 Å². The molecule has 2 aliphatic heterocycles. The molecular formula is C26H28FN3O3S. The van der Waals surface area contributed by atoms with Gasteiger partial charge < -0.3 is 5.11 Å². The zero-order valence-corrected chi connectivity index (χ0v) is 19.6. The molecular weight excluding hydrogens is 453 g/mol. The van der Waals surface area contributed by atoms with Crippen LogP contribution in [-0.2, 0) is 10.0 Å². The van der Waals surface area contributed by atoms with E-state index in [4.69, 9.17) is 0 Å². The number of nitrogens with zero attached hydrogens (tertiary/aromatic N) is 3. The van der Waals surface area contributed by atoms with Crippen LogP contribution < -0.4 is 0 Å². The summed E-state index contributed by atoms with van der Waals surface area (Å²) < 4.78 is 42.5. The number of rotatable bonds is 5. The fourth-order valence-electron chi connectivity index (χ4n) is 5.35. The van der Waals surface area contributed by atoms with Crippen LogP contribution in [0.15, 0.2) is 78.0 Å². The standard InChI is InChI=1S/C26H28FN3O3S/c27-22-7-1-2-8-25(22)34(32,33)29-14-3-4-15-30-23(17-29)26(24(30)18-31)20-11-9-19(10-12-20)21-6-5-13-28-16-21/h1-2,5-13,16,23-24,26,31H,3-4,14-15,17-18H2/t23-,24-,26+/m0/s1. The van der Waals surface area contributed by atoms with Crippen molar-refractivity contribution in [2.75, 3.05) is 26.2 Å². The van der Waals surface area contributed by atoms with Gasteiger partial charge in [0.1, 0.15) is 10.7 Å². The molecule has 8 heteroatoms. The van der Waals surface area contributed by atoms with E-state index in [1.165, 1.54) is 22.5 Å². The van der Waals surface area contributed by atoms with Crippen molar-refractivity contribution in [1.29, 1.82) is 0 Å². The molecule has 2 aromatic carbocycles. The molecule has 34 heavy (non-hydrogen) atoms. The van der Waals surface area contributed by atoms with E-state index in [1.807, 2.05) is 30.5 Å². The maximum absolute atomic E-state index is 14.4. The van der Waals surface area contributed by atoms with Gasteiger partial charge in [-0.05, 0) is 54.3 Å². The molecule has 178 valence electrons. The predicted octanol–water partition coefficient (Wildman–Crippen LogP) is 3.50. The number of aromatic nitrogens is 1. The summed E-state index contributed by atoms with van der Waals surface area (Å²) in [6.45, 7) is 1.44. The molecule has 0 amide bonds. The molecule has 3 atom stereocenters. The summed E-state index contributed by atoms with van der Waals surface area (Å²) in [5.74, 6) is -0.741. The van der Waals surface area contributed by atoms with Crippen molar-refractivity contribution < 1.29 is 17.9 Å². The maximum atomic E-state index is 14.4. The highest BCUT2D eigenvalue weighted by molar-refractivity contribution is 7.89. The third-order valence-electron chi connectivity index (χ3n) is 7.08. The Hall–Kier alpha value is -2.65. The van der Waals surface area contributed by atoms with E-state index >= 15 is 0 Å². The van der Waals surface area contributed by atoms with Gasteiger partial charge in [-0.3, -0.25) is 9.88 Å². The number of hydrogen-bond acceptors (Lipinski definition) is 5. The van der Waals surface area contributed by atoms with Gasteiger partial charge >= 0.3 is 0 Å². The number of sulfonamides is 1. The highest BCUT2D eigenvalue weighted by Crippen LogP contribution is 2.43. The quantitative estimate of drug-likeness (QED) is 0.604. The highest BCUT2D eigenvalue weighted by Gasteiger charge is 2.50. The minimum absolute atomic E-state index is 0.00554. The first-order chi connectivity index (χ1) is 16.5. The van der Waals surface area contributed by atoms with Crippen molar-refractivity contribution in [3.05, 3.63) is 84.4 Å². The summed E-state index contributed by atoms with van der Waals surface area (Å²) in [5, 5.41) is 10.2. The van der Waals surface area contributed by atoms with E-state index < -0.39 is 15.8 Å². The van der Waals surface area contributed by atoms with Crippen LogP contribution in [0.1, 0.15) is 24.3 Å². The first-order valence-corrected chi connectivity index (χ1v) is 13.1. The SMILES string of the molecule is O=S(=O)(c1ccccc1F)N1CCCCN2[C@@H](CO)[C@H](c3ccc(-c4cccnc4)cc3)[C@@H]2C1. The van der Waals surface area contributed by atoms with E-state index in [0.29, 0.717) is 13.0 Å². The molecule has 1 aromatic heterocycles. The molecule has 3 aromatic rings. The smallest absolute Gasteiger partial charge is 0.246 e. The molecule has 0 radical (unpaired) electrons. The molecule has 0 unspecified atom stereocenters. The second-order valence-corrected chi connectivity index (χ2v) is 10.9. The molecule has 2 saturated heterocycles. The Morgan fingerprint density at radius 3 is 2.44 bits per heavy atom. The third kappa shape index (κ3) is 4.15. The number of aliphatic hydroxyl groups excluding tert-OH is 1. The van der Waals surface area contributed by atoms with E-state index in [1.54, 1.807) is 12.3 Å². The average molecular weight is 482 g/mol. The highest BCUT2D eigenvalue weighted by atomic mass is 32.2. The summed E-state index contributed by atoms with van der Waals surface area (Å²) in [5.41, 5.74) is 3.14. The Morgan fingerprint density at radius 2 is 1.74 bits per heavy atom. The Balaban J connectivity index is 1.44. The molecule has 0 aliphatic carbocycles. The molecule has 5 rings (SSSR count). The van der Waals surface area contributed by atoms with Crippen molar-refractivity contribution in [3.8, 4) is 11.1 Å². The minimum atomic E-state index is -3.97. The summed E-state index contributed by atoms with van der Waals surface area (Å²) in [6.07, 6.45) is 5.07. The zero-order chi connectivity index (χ0) is 23.7. The van der Waals surface area contributed by atoms with Gasteiger partial charge in [-0.2, -0.15) is 4.31 Å². The van der Waals surface area contributed by atoms with Gasteiger partial charge in [-0.25, -0.2) is 12.8 Å². The van der Waals surface area contributed by atoms with Crippen LogP contribution in [0.3, 0.4) is 0 Å². The Morgan fingerprint density at radius 1 is 0.971 bits per heavy atom. The van der Waals surface area contributed by atoms with Gasteiger partial charge in [0.05, 0.1) is 6.61 Å². The second kappa shape index (κ2) is 9.54. The maximum Gasteiger partial charge on any atom is 0.246 e. The average Bonchev–Trinajstić information content (AvgIpc) is 2.84. The van der Waals surface area contributed by atoms with Gasteiger partial charge in [0.2, 0.25) is 10.0 Å². The van der Waals surface area contributed by atoms with Crippen LogP contribution in [0.4, 0.5) is 4.39 Å². The van der Waals surface area contributed by atoms with E-state index in [2.05, 4.69) is 22.0 Å². The largest absolute Gasteiger partial charge is 0.395 e. The van der Waals surface area contributed by atoms with Crippen LogP contribution in [0.25, 0.3) is 11.1 Å². The van der Waals surface area contributed by atoms with Gasteiger partial charge in [0, 0.05) is 43.5 Å². The molecule has 0 spiro atoms. The van der Waals surface area contributed by atoms with Gasteiger partial charge in [-0.1, -0.05) is 42.5 Å². The molecule has 6 nitrogen and oxygen atoms in total. The lowest BCUT2D eigenvalue weighted by atomic mass is 9.74. The summed E-state index contributed by atoms with van der Waals surface area (Å²) in [6, 6.07) is 17.5. The lowest BCUT2D eigenvalue weighted by Crippen LogP contribution is -2.67. The summed E-state index contributed by atoms with van der Waals surface area (Å²) >= 11 is 0. The monoisotopic (exact) mass is 481 g/mol. The van der Waals surface area contributed by atoms with Crippen LogP contribution in [0, 0.1) is 5.82 Å². The lowest BCUT2D eigenvalue weighted by Gasteiger charge is -2.57. The Bertz CT molecular complexity index is 1240. The number of fused-ring (bicyclic) bond motifs is 1. The van der Waals surface area contributed by atoms with E-state index in [-0.39, 0.29) is 36.0 Å². The van der Waals surface area contributed by atoms with Gasteiger partial charge in [-0.15, -0.1) is 0 Å². The Kier molecular flexibility index (Phi) is 6.48. The topological polar surface area (TPSA) is 73.7 Å². The van der Waals surface area contributed by atoms with Crippen molar-refractivity contribution >= 4 is 10.0 Å². The van der Waals surface area contributed by atoms with Crippen molar-refractivity contribution in [2.24, 2.45) is 0 Å². The fraction of sp³-hybridized carbons (Fsp3) is 0.346. The number of pyridine rings is 1. The fourth-order valence-corrected chi connectivity index (χ4v) is 6.91. The van der Waals surface area contributed by atoms with Crippen LogP contribution >= 0.6 is 0 Å².